The predicted molar refractivity (Wildman–Crippen MR) is 118 cm³/mol. The zero-order valence-corrected chi connectivity index (χ0v) is 18.0. The molecule has 152 valence electrons. The van der Waals surface area contributed by atoms with Gasteiger partial charge in [-0.05, 0) is 24.3 Å². The van der Waals surface area contributed by atoms with Crippen LogP contribution in [-0.2, 0) is 4.79 Å². The SMILES string of the molecule is COc1ccc2sc(OC3CCN(C(=O)CCSc4ccccc4)CC3)nc2c1. The molecule has 1 aliphatic heterocycles. The second kappa shape index (κ2) is 9.50. The van der Waals surface area contributed by atoms with Crippen LogP contribution in [0.5, 0.6) is 10.9 Å². The summed E-state index contributed by atoms with van der Waals surface area (Å²) in [4.78, 5) is 20.2. The molecule has 2 aromatic carbocycles. The average Bonchev–Trinajstić information content (AvgIpc) is 3.16. The van der Waals surface area contributed by atoms with Gasteiger partial charge in [-0.2, -0.15) is 0 Å². The van der Waals surface area contributed by atoms with Gasteiger partial charge in [0.2, 0.25) is 5.91 Å². The Labute approximate surface area is 179 Å². The highest BCUT2D eigenvalue weighted by molar-refractivity contribution is 7.99. The first kappa shape index (κ1) is 20.0. The Morgan fingerprint density at radius 2 is 2.00 bits per heavy atom. The van der Waals surface area contributed by atoms with Gasteiger partial charge in [0.05, 0.1) is 17.3 Å². The van der Waals surface area contributed by atoms with Crippen LogP contribution in [0.3, 0.4) is 0 Å². The molecule has 0 aliphatic carbocycles. The van der Waals surface area contributed by atoms with Crippen LogP contribution in [0.25, 0.3) is 10.2 Å². The van der Waals surface area contributed by atoms with Crippen molar-refractivity contribution in [2.24, 2.45) is 0 Å². The number of methoxy groups -OCH3 is 1. The number of fused-ring (bicyclic) bond motifs is 1. The van der Waals surface area contributed by atoms with Crippen molar-refractivity contribution >= 4 is 39.2 Å². The number of likely N-dealkylation sites (tertiary alicyclic amines) is 1. The lowest BCUT2D eigenvalue weighted by atomic mass is 10.1. The van der Waals surface area contributed by atoms with Crippen molar-refractivity contribution in [1.29, 1.82) is 0 Å². The number of piperidine rings is 1. The first-order valence-electron chi connectivity index (χ1n) is 9.78. The van der Waals surface area contributed by atoms with E-state index < -0.39 is 0 Å². The van der Waals surface area contributed by atoms with E-state index in [-0.39, 0.29) is 12.0 Å². The average molecular weight is 429 g/mol. The van der Waals surface area contributed by atoms with E-state index in [0.29, 0.717) is 11.6 Å². The lowest BCUT2D eigenvalue weighted by Gasteiger charge is -2.31. The molecule has 1 fully saturated rings. The minimum atomic E-state index is 0.111. The molecular weight excluding hydrogens is 404 g/mol. The van der Waals surface area contributed by atoms with Gasteiger partial charge in [-0.25, -0.2) is 4.98 Å². The second-order valence-corrected chi connectivity index (χ2v) is 9.08. The lowest BCUT2D eigenvalue weighted by Crippen LogP contribution is -2.41. The molecule has 0 unspecified atom stereocenters. The molecule has 0 radical (unpaired) electrons. The molecule has 0 atom stereocenters. The number of ether oxygens (including phenoxy) is 2. The van der Waals surface area contributed by atoms with Crippen molar-refractivity contribution in [2.75, 3.05) is 26.0 Å². The summed E-state index contributed by atoms with van der Waals surface area (Å²) in [5.41, 5.74) is 0.896. The summed E-state index contributed by atoms with van der Waals surface area (Å²) in [7, 11) is 1.65. The van der Waals surface area contributed by atoms with E-state index in [4.69, 9.17) is 9.47 Å². The van der Waals surface area contributed by atoms with E-state index >= 15 is 0 Å². The minimum Gasteiger partial charge on any atom is -0.497 e. The van der Waals surface area contributed by atoms with Gasteiger partial charge in [-0.3, -0.25) is 4.79 Å². The van der Waals surface area contributed by atoms with E-state index in [0.717, 1.165) is 47.7 Å². The molecule has 5 nitrogen and oxygen atoms in total. The van der Waals surface area contributed by atoms with Crippen LogP contribution in [-0.4, -0.2) is 47.8 Å². The van der Waals surface area contributed by atoms with Gasteiger partial charge in [-0.15, -0.1) is 11.8 Å². The highest BCUT2D eigenvalue weighted by Crippen LogP contribution is 2.32. The Morgan fingerprint density at radius 3 is 2.76 bits per heavy atom. The number of hydrogen-bond donors (Lipinski definition) is 0. The first-order valence-corrected chi connectivity index (χ1v) is 11.6. The van der Waals surface area contributed by atoms with E-state index in [1.165, 1.54) is 4.90 Å². The van der Waals surface area contributed by atoms with E-state index in [1.54, 1.807) is 30.2 Å². The van der Waals surface area contributed by atoms with Crippen LogP contribution < -0.4 is 9.47 Å². The molecular formula is C22H24N2O3S2. The predicted octanol–water partition coefficient (Wildman–Crippen LogP) is 4.86. The van der Waals surface area contributed by atoms with Gasteiger partial charge < -0.3 is 14.4 Å². The van der Waals surface area contributed by atoms with Crippen molar-refractivity contribution in [3.8, 4) is 10.9 Å². The molecule has 0 spiro atoms. The summed E-state index contributed by atoms with van der Waals surface area (Å²) in [5.74, 6) is 1.85. The fraction of sp³-hybridized carbons (Fsp3) is 0.364. The highest BCUT2D eigenvalue weighted by atomic mass is 32.2. The van der Waals surface area contributed by atoms with Gasteiger partial charge in [0.25, 0.3) is 5.19 Å². The number of rotatable bonds is 7. The largest absolute Gasteiger partial charge is 0.497 e. The van der Waals surface area contributed by atoms with Gasteiger partial charge in [-0.1, -0.05) is 29.5 Å². The van der Waals surface area contributed by atoms with Crippen LogP contribution in [0, 0.1) is 0 Å². The lowest BCUT2D eigenvalue weighted by molar-refractivity contribution is -0.132. The Bertz CT molecular complexity index is 953. The smallest absolute Gasteiger partial charge is 0.274 e. The maximum atomic E-state index is 12.5. The zero-order chi connectivity index (χ0) is 20.1. The van der Waals surface area contributed by atoms with Gasteiger partial charge in [0.1, 0.15) is 11.9 Å². The Hall–Kier alpha value is -2.25. The summed E-state index contributed by atoms with van der Waals surface area (Å²) >= 11 is 3.29. The van der Waals surface area contributed by atoms with Crippen LogP contribution in [0.15, 0.2) is 53.4 Å². The molecule has 3 aromatic rings. The number of thioether (sulfide) groups is 1. The number of thiazole rings is 1. The molecule has 29 heavy (non-hydrogen) atoms. The third kappa shape index (κ3) is 5.22. The molecule has 1 aliphatic rings. The van der Waals surface area contributed by atoms with Crippen molar-refractivity contribution in [3.63, 3.8) is 0 Å². The summed E-state index contributed by atoms with van der Waals surface area (Å²) in [5, 5.41) is 0.692. The minimum absolute atomic E-state index is 0.111. The topological polar surface area (TPSA) is 51.7 Å². The molecule has 2 heterocycles. The monoisotopic (exact) mass is 428 g/mol. The maximum absolute atomic E-state index is 12.5. The standard InChI is InChI=1S/C22H24N2O3S2/c1-26-17-7-8-20-19(15-17)23-22(29-20)27-16-9-12-24(13-10-16)21(25)11-14-28-18-5-3-2-4-6-18/h2-8,15-16H,9-14H2,1H3. The Balaban J connectivity index is 1.23. The fourth-order valence-corrected chi connectivity index (χ4v) is 5.08. The number of carbonyl (C=O) groups excluding carboxylic acids is 1. The summed E-state index contributed by atoms with van der Waals surface area (Å²) in [6, 6.07) is 16.1. The van der Waals surface area contributed by atoms with Crippen LogP contribution >= 0.6 is 23.1 Å². The third-order valence-electron chi connectivity index (χ3n) is 4.97. The number of carbonyl (C=O) groups is 1. The molecule has 1 saturated heterocycles. The van der Waals surface area contributed by atoms with E-state index in [2.05, 4.69) is 17.1 Å². The molecule has 0 N–H and O–H groups in total. The van der Waals surface area contributed by atoms with Crippen LogP contribution in [0.4, 0.5) is 0 Å². The maximum Gasteiger partial charge on any atom is 0.274 e. The number of amides is 1. The third-order valence-corrected chi connectivity index (χ3v) is 6.91. The van der Waals surface area contributed by atoms with Crippen LogP contribution in [0.1, 0.15) is 19.3 Å². The van der Waals surface area contributed by atoms with Gasteiger partial charge in [0, 0.05) is 49.1 Å². The fourth-order valence-electron chi connectivity index (χ4n) is 3.36. The van der Waals surface area contributed by atoms with Gasteiger partial charge in [0.15, 0.2) is 0 Å². The Morgan fingerprint density at radius 1 is 1.21 bits per heavy atom. The first-order chi connectivity index (χ1) is 14.2. The number of benzene rings is 2. The van der Waals surface area contributed by atoms with Crippen molar-refractivity contribution in [3.05, 3.63) is 48.5 Å². The second-order valence-electron chi connectivity index (χ2n) is 6.92. The summed E-state index contributed by atoms with van der Waals surface area (Å²) < 4.78 is 12.4. The van der Waals surface area contributed by atoms with Gasteiger partial charge >= 0.3 is 0 Å². The highest BCUT2D eigenvalue weighted by Gasteiger charge is 2.24. The van der Waals surface area contributed by atoms with E-state index in [9.17, 15) is 4.79 Å². The zero-order valence-electron chi connectivity index (χ0n) is 16.4. The molecule has 1 amide bonds. The summed E-state index contributed by atoms with van der Waals surface area (Å²) in [6.07, 6.45) is 2.37. The molecule has 4 rings (SSSR count). The normalized spacial score (nSPS) is 14.9. The molecule has 0 saturated carbocycles. The summed E-state index contributed by atoms with van der Waals surface area (Å²) in [6.45, 7) is 1.50. The van der Waals surface area contributed by atoms with E-state index in [1.807, 2.05) is 41.3 Å². The van der Waals surface area contributed by atoms with Crippen molar-refractivity contribution in [2.45, 2.75) is 30.3 Å². The molecule has 0 bridgehead atoms. The quantitative estimate of drug-likeness (QED) is 0.503. The van der Waals surface area contributed by atoms with Crippen molar-refractivity contribution < 1.29 is 14.3 Å². The number of nitrogens with zero attached hydrogens (tertiary/aromatic N) is 2. The van der Waals surface area contributed by atoms with Crippen LogP contribution in [0.2, 0.25) is 0 Å². The number of hydrogen-bond acceptors (Lipinski definition) is 6. The van der Waals surface area contributed by atoms with Crippen molar-refractivity contribution in [1.82, 2.24) is 9.88 Å². The molecule has 1 aromatic heterocycles. The molecule has 7 heteroatoms. The Kier molecular flexibility index (Phi) is 6.56. The number of aromatic nitrogens is 1.